The zero-order chi connectivity index (χ0) is 29.4. The van der Waals surface area contributed by atoms with Crippen LogP contribution in [-0.4, -0.2) is 48.6 Å². The number of rotatable bonds is 8. The Bertz CT molecular complexity index is 1380. The van der Waals surface area contributed by atoms with E-state index in [0.717, 1.165) is 12.8 Å². The smallest absolute Gasteiger partial charge is 0.407 e. The molecule has 4 rings (SSSR count). The number of ether oxygens (including phenoxy) is 2. The topological polar surface area (TPSA) is 123 Å². The van der Waals surface area contributed by atoms with Gasteiger partial charge >= 0.3 is 12.1 Å². The number of methoxy groups -OCH3 is 1. The molecular formula is C28H31BrClFN4O5. The molecule has 2 amide bonds. The summed E-state index contributed by atoms with van der Waals surface area (Å²) >= 11 is 9.50. The number of benzene rings is 2. The SMILES string of the molecule is COC(=O)c1cc([C@@H](COC(=O)NC2CC2)N2C(=O)[C@@](CC(C)(C)C)(c3ccc(Br)cc3F)N=C2N)ccc1Cl. The average molecular weight is 638 g/mol. The summed E-state index contributed by atoms with van der Waals surface area (Å²) in [6.07, 6.45) is 1.20. The standard InChI is InChI=1S/C28H31BrClFN4O5/c1-27(2,3)14-28(19-9-6-16(29)12-21(19)31)24(37)35(25(32)34-28)22(13-40-26(38)33-17-7-8-17)15-5-10-20(30)18(11-15)23(36)39-4/h5-6,9-12,17,22H,7-8,13-14H2,1-4H3,(H2,32,34)(H,33,38)/t22-,28-/m1/s1. The first-order chi connectivity index (χ1) is 18.8. The highest BCUT2D eigenvalue weighted by Gasteiger charge is 2.54. The van der Waals surface area contributed by atoms with Crippen LogP contribution in [0.5, 0.6) is 0 Å². The Morgan fingerprint density at radius 3 is 2.58 bits per heavy atom. The number of hydrogen-bond donors (Lipinski definition) is 2. The molecule has 1 fully saturated rings. The van der Waals surface area contributed by atoms with Crippen LogP contribution >= 0.6 is 27.5 Å². The number of halogens is 3. The summed E-state index contributed by atoms with van der Waals surface area (Å²) in [4.78, 5) is 45.0. The molecule has 9 nitrogen and oxygen atoms in total. The van der Waals surface area contributed by atoms with E-state index >= 15 is 4.39 Å². The molecule has 214 valence electrons. The molecule has 0 aromatic heterocycles. The molecule has 1 aliphatic carbocycles. The quantitative estimate of drug-likeness (QED) is 0.372. The molecule has 1 aliphatic heterocycles. The van der Waals surface area contributed by atoms with Crippen LogP contribution in [0.1, 0.15) is 67.6 Å². The van der Waals surface area contributed by atoms with Gasteiger partial charge in [-0.1, -0.05) is 60.4 Å². The lowest BCUT2D eigenvalue weighted by Crippen LogP contribution is -2.48. The van der Waals surface area contributed by atoms with Crippen molar-refractivity contribution in [3.05, 3.63) is 68.4 Å². The summed E-state index contributed by atoms with van der Waals surface area (Å²) < 4.78 is 26.3. The minimum atomic E-state index is -1.68. The van der Waals surface area contributed by atoms with Crippen LogP contribution < -0.4 is 11.1 Å². The van der Waals surface area contributed by atoms with Crippen LogP contribution in [0.25, 0.3) is 0 Å². The number of carbonyl (C=O) groups is 3. The first kappa shape index (κ1) is 29.8. The van der Waals surface area contributed by atoms with Gasteiger partial charge in [-0.05, 0) is 54.5 Å². The number of nitrogens with one attached hydrogen (secondary N) is 1. The zero-order valence-corrected chi connectivity index (χ0v) is 24.9. The Hall–Kier alpha value is -3.18. The third kappa shape index (κ3) is 6.25. The van der Waals surface area contributed by atoms with Gasteiger partial charge in [0.05, 0.1) is 23.7 Å². The predicted octanol–water partition coefficient (Wildman–Crippen LogP) is 5.45. The van der Waals surface area contributed by atoms with Gasteiger partial charge in [0, 0.05) is 16.1 Å². The van der Waals surface area contributed by atoms with E-state index < -0.39 is 40.8 Å². The zero-order valence-electron chi connectivity index (χ0n) is 22.6. The van der Waals surface area contributed by atoms with E-state index in [-0.39, 0.29) is 41.2 Å². The van der Waals surface area contributed by atoms with Crippen molar-refractivity contribution >= 4 is 51.5 Å². The number of aliphatic imine (C=N–C) groups is 1. The lowest BCUT2D eigenvalue weighted by atomic mass is 9.75. The number of esters is 1. The van der Waals surface area contributed by atoms with Crippen LogP contribution in [0, 0.1) is 11.2 Å². The molecule has 0 radical (unpaired) electrons. The lowest BCUT2D eigenvalue weighted by Gasteiger charge is -2.35. The molecule has 2 aliphatic rings. The van der Waals surface area contributed by atoms with Crippen molar-refractivity contribution in [2.75, 3.05) is 13.7 Å². The van der Waals surface area contributed by atoms with E-state index in [2.05, 4.69) is 26.2 Å². The fraction of sp³-hybridized carbons (Fsp3) is 0.429. The predicted molar refractivity (Wildman–Crippen MR) is 151 cm³/mol. The molecule has 0 spiro atoms. The third-order valence-electron chi connectivity index (χ3n) is 6.65. The van der Waals surface area contributed by atoms with Crippen molar-refractivity contribution in [2.24, 2.45) is 16.1 Å². The third-order valence-corrected chi connectivity index (χ3v) is 7.47. The normalized spacial score (nSPS) is 19.7. The van der Waals surface area contributed by atoms with Crippen molar-refractivity contribution in [2.45, 2.75) is 57.7 Å². The van der Waals surface area contributed by atoms with Gasteiger partial charge < -0.3 is 20.5 Å². The van der Waals surface area contributed by atoms with Crippen molar-refractivity contribution in [1.29, 1.82) is 0 Å². The second-order valence-electron chi connectivity index (χ2n) is 11.1. The second kappa shape index (κ2) is 11.4. The van der Waals surface area contributed by atoms with Gasteiger partial charge in [-0.2, -0.15) is 0 Å². The summed E-state index contributed by atoms with van der Waals surface area (Å²) in [6.45, 7) is 5.42. The Kier molecular flexibility index (Phi) is 8.46. The Morgan fingerprint density at radius 1 is 1.27 bits per heavy atom. The van der Waals surface area contributed by atoms with E-state index in [1.54, 1.807) is 12.1 Å². The molecule has 0 unspecified atom stereocenters. The van der Waals surface area contributed by atoms with E-state index in [9.17, 15) is 14.4 Å². The van der Waals surface area contributed by atoms with Crippen molar-refractivity contribution < 1.29 is 28.2 Å². The molecular weight excluding hydrogens is 607 g/mol. The first-order valence-electron chi connectivity index (χ1n) is 12.7. The summed E-state index contributed by atoms with van der Waals surface area (Å²) in [5.41, 5.74) is 4.78. The highest BCUT2D eigenvalue weighted by molar-refractivity contribution is 9.10. The number of alkyl carbamates (subject to hydrolysis) is 1. The lowest BCUT2D eigenvalue weighted by molar-refractivity contribution is -0.135. The summed E-state index contributed by atoms with van der Waals surface area (Å²) in [5, 5.41) is 2.87. The Labute approximate surface area is 245 Å². The first-order valence-corrected chi connectivity index (χ1v) is 13.9. The maximum absolute atomic E-state index is 15.4. The number of nitrogens with two attached hydrogens (primary N) is 1. The fourth-order valence-corrected chi connectivity index (χ4v) is 5.33. The van der Waals surface area contributed by atoms with Crippen LogP contribution in [0.15, 0.2) is 45.9 Å². The monoisotopic (exact) mass is 636 g/mol. The van der Waals surface area contributed by atoms with Crippen LogP contribution in [0.4, 0.5) is 9.18 Å². The van der Waals surface area contributed by atoms with Gasteiger partial charge in [0.25, 0.3) is 5.91 Å². The molecule has 3 N–H and O–H groups in total. The highest BCUT2D eigenvalue weighted by atomic mass is 79.9. The minimum absolute atomic E-state index is 0.0484. The van der Waals surface area contributed by atoms with Gasteiger partial charge in [0.15, 0.2) is 11.5 Å². The molecule has 0 saturated heterocycles. The summed E-state index contributed by atoms with van der Waals surface area (Å²) in [5.74, 6) is -2.08. The van der Waals surface area contributed by atoms with Gasteiger partial charge in [-0.25, -0.2) is 19.0 Å². The molecule has 1 saturated carbocycles. The fourth-order valence-electron chi connectivity index (χ4n) is 4.81. The second-order valence-corrected chi connectivity index (χ2v) is 12.5. The van der Waals surface area contributed by atoms with E-state index in [0.29, 0.717) is 10.0 Å². The number of amides is 2. The van der Waals surface area contributed by atoms with Crippen LogP contribution in [-0.2, 0) is 19.8 Å². The average Bonchev–Trinajstić information content (AvgIpc) is 3.64. The van der Waals surface area contributed by atoms with E-state index in [4.69, 9.17) is 26.8 Å². The largest absolute Gasteiger partial charge is 0.465 e. The molecule has 12 heteroatoms. The minimum Gasteiger partial charge on any atom is -0.465 e. The number of guanidine groups is 1. The van der Waals surface area contributed by atoms with Crippen LogP contribution in [0.2, 0.25) is 5.02 Å². The van der Waals surface area contributed by atoms with Crippen LogP contribution in [0.3, 0.4) is 0 Å². The Morgan fingerprint density at radius 2 is 1.98 bits per heavy atom. The highest BCUT2D eigenvalue weighted by Crippen LogP contribution is 2.46. The van der Waals surface area contributed by atoms with Gasteiger partial charge in [-0.3, -0.25) is 9.69 Å². The number of carbonyl (C=O) groups excluding carboxylic acids is 3. The van der Waals surface area contributed by atoms with E-state index in [1.165, 1.54) is 36.3 Å². The maximum atomic E-state index is 15.4. The maximum Gasteiger partial charge on any atom is 0.407 e. The number of hydrogen-bond acceptors (Lipinski definition) is 7. The van der Waals surface area contributed by atoms with Gasteiger partial charge in [0.2, 0.25) is 0 Å². The summed E-state index contributed by atoms with van der Waals surface area (Å²) in [7, 11) is 1.22. The summed E-state index contributed by atoms with van der Waals surface area (Å²) in [6, 6.07) is 7.97. The molecule has 2 aromatic carbocycles. The van der Waals surface area contributed by atoms with Gasteiger partial charge in [0.1, 0.15) is 12.4 Å². The number of nitrogens with zero attached hydrogens (tertiary/aromatic N) is 2. The van der Waals surface area contributed by atoms with Gasteiger partial charge in [-0.15, -0.1) is 0 Å². The molecule has 1 heterocycles. The molecule has 2 aromatic rings. The van der Waals surface area contributed by atoms with Crippen molar-refractivity contribution in [3.8, 4) is 0 Å². The van der Waals surface area contributed by atoms with Crippen molar-refractivity contribution in [1.82, 2.24) is 10.2 Å². The van der Waals surface area contributed by atoms with E-state index in [1.807, 2.05) is 20.8 Å². The van der Waals surface area contributed by atoms with Crippen molar-refractivity contribution in [3.63, 3.8) is 0 Å². The molecule has 40 heavy (non-hydrogen) atoms. The Balaban J connectivity index is 1.80. The molecule has 2 atom stereocenters. The molecule has 0 bridgehead atoms.